The molecule has 1 atom stereocenters. The Morgan fingerprint density at radius 1 is 1.14 bits per heavy atom. The van der Waals surface area contributed by atoms with Crippen LogP contribution in [0, 0.1) is 6.92 Å². The van der Waals surface area contributed by atoms with E-state index in [0.717, 1.165) is 36.3 Å². The monoisotopic (exact) mass is 396 g/mol. The van der Waals surface area contributed by atoms with Crippen LogP contribution in [0.4, 0.5) is 0 Å². The summed E-state index contributed by atoms with van der Waals surface area (Å²) >= 11 is 5.94. The van der Waals surface area contributed by atoms with E-state index in [1.54, 1.807) is 17.3 Å². The van der Waals surface area contributed by atoms with Gasteiger partial charge in [0.15, 0.2) is 0 Å². The first-order valence-electron chi connectivity index (χ1n) is 9.39. The number of nitrogens with zero attached hydrogens (tertiary/aromatic N) is 4. The van der Waals surface area contributed by atoms with Crippen LogP contribution in [0.1, 0.15) is 58.7 Å². The van der Waals surface area contributed by atoms with Gasteiger partial charge in [-0.25, -0.2) is 9.97 Å². The molecular formula is C21H21ClN4O2. The number of halogens is 1. The second kappa shape index (κ2) is 8.10. The van der Waals surface area contributed by atoms with Gasteiger partial charge in [-0.1, -0.05) is 23.7 Å². The molecule has 7 heteroatoms. The molecular weight excluding hydrogens is 376 g/mol. The zero-order valence-corrected chi connectivity index (χ0v) is 16.4. The van der Waals surface area contributed by atoms with Gasteiger partial charge in [0, 0.05) is 24.2 Å². The second-order valence-electron chi connectivity index (χ2n) is 7.02. The Balaban J connectivity index is 1.53. The first kappa shape index (κ1) is 18.6. The van der Waals surface area contributed by atoms with Crippen molar-refractivity contribution in [3.8, 4) is 0 Å². The lowest BCUT2D eigenvalue weighted by Crippen LogP contribution is -2.39. The fraction of sp³-hybridized carbons (Fsp3) is 0.333. The van der Waals surface area contributed by atoms with Crippen LogP contribution < -0.4 is 0 Å². The van der Waals surface area contributed by atoms with E-state index in [9.17, 15) is 4.79 Å². The van der Waals surface area contributed by atoms with E-state index in [4.69, 9.17) is 16.0 Å². The lowest BCUT2D eigenvalue weighted by molar-refractivity contribution is 0.0563. The molecule has 4 rings (SSSR count). The molecule has 1 amide bonds. The van der Waals surface area contributed by atoms with Gasteiger partial charge in [-0.3, -0.25) is 9.78 Å². The molecule has 0 N–H and O–H groups in total. The molecule has 3 aromatic rings. The first-order chi connectivity index (χ1) is 13.6. The number of likely N-dealkylation sites (tertiary alicyclic amines) is 1. The number of benzene rings is 1. The molecule has 3 heterocycles. The van der Waals surface area contributed by atoms with Crippen molar-refractivity contribution in [1.82, 2.24) is 19.9 Å². The Morgan fingerprint density at radius 2 is 1.96 bits per heavy atom. The first-order valence-corrected chi connectivity index (χ1v) is 9.76. The number of oxazole rings is 1. The van der Waals surface area contributed by atoms with Crippen LogP contribution in [0.2, 0.25) is 5.02 Å². The average molecular weight is 397 g/mol. The molecule has 1 fully saturated rings. The van der Waals surface area contributed by atoms with Crippen LogP contribution in [0.15, 0.2) is 47.3 Å². The van der Waals surface area contributed by atoms with Crippen molar-refractivity contribution in [2.75, 3.05) is 6.54 Å². The van der Waals surface area contributed by atoms with Gasteiger partial charge in [0.05, 0.1) is 18.1 Å². The molecule has 0 bridgehead atoms. The lowest BCUT2D eigenvalue weighted by atomic mass is 10.0. The molecule has 1 unspecified atom stereocenters. The Morgan fingerprint density at radius 3 is 2.71 bits per heavy atom. The van der Waals surface area contributed by atoms with Gasteiger partial charge in [0.2, 0.25) is 5.89 Å². The van der Waals surface area contributed by atoms with Crippen molar-refractivity contribution < 1.29 is 9.21 Å². The molecule has 0 radical (unpaired) electrons. The summed E-state index contributed by atoms with van der Waals surface area (Å²) in [6, 6.07) is 7.48. The molecule has 0 aliphatic carbocycles. The van der Waals surface area contributed by atoms with Crippen molar-refractivity contribution in [3.05, 3.63) is 76.5 Å². The van der Waals surface area contributed by atoms with Crippen LogP contribution in [0.25, 0.3) is 0 Å². The van der Waals surface area contributed by atoms with Crippen LogP contribution in [-0.4, -0.2) is 32.3 Å². The number of rotatable bonds is 4. The molecule has 2 aromatic heterocycles. The Labute approximate surface area is 168 Å². The van der Waals surface area contributed by atoms with Crippen LogP contribution >= 0.6 is 11.6 Å². The predicted octanol–water partition coefficient (Wildman–Crippen LogP) is 4.38. The van der Waals surface area contributed by atoms with E-state index < -0.39 is 0 Å². The van der Waals surface area contributed by atoms with Crippen molar-refractivity contribution in [2.24, 2.45) is 0 Å². The zero-order chi connectivity index (χ0) is 19.5. The van der Waals surface area contributed by atoms with Gasteiger partial charge in [-0.2, -0.15) is 0 Å². The van der Waals surface area contributed by atoms with Gasteiger partial charge in [0.1, 0.15) is 17.5 Å². The van der Waals surface area contributed by atoms with Gasteiger partial charge in [-0.15, -0.1) is 0 Å². The molecule has 1 aliphatic rings. The van der Waals surface area contributed by atoms with E-state index in [2.05, 4.69) is 15.0 Å². The summed E-state index contributed by atoms with van der Waals surface area (Å²) in [5.41, 5.74) is 2.23. The van der Waals surface area contributed by atoms with E-state index in [-0.39, 0.29) is 11.9 Å². The third kappa shape index (κ3) is 4.07. The van der Waals surface area contributed by atoms with Crippen molar-refractivity contribution in [2.45, 2.75) is 38.6 Å². The normalized spacial score (nSPS) is 16.9. The Kier molecular flexibility index (Phi) is 5.39. The fourth-order valence-corrected chi connectivity index (χ4v) is 3.57. The number of carbonyl (C=O) groups is 1. The minimum Gasteiger partial charge on any atom is -0.443 e. The van der Waals surface area contributed by atoms with Gasteiger partial charge >= 0.3 is 0 Å². The maximum Gasteiger partial charge on any atom is 0.274 e. The molecule has 28 heavy (non-hydrogen) atoms. The zero-order valence-electron chi connectivity index (χ0n) is 15.6. The summed E-state index contributed by atoms with van der Waals surface area (Å²) in [4.78, 5) is 27.7. The summed E-state index contributed by atoms with van der Waals surface area (Å²) in [7, 11) is 0. The van der Waals surface area contributed by atoms with E-state index in [1.807, 2.05) is 31.2 Å². The number of hydrogen-bond donors (Lipinski definition) is 0. The molecule has 1 saturated heterocycles. The predicted molar refractivity (Wildman–Crippen MR) is 105 cm³/mol. The van der Waals surface area contributed by atoms with E-state index in [0.29, 0.717) is 29.6 Å². The van der Waals surface area contributed by atoms with Gasteiger partial charge < -0.3 is 9.32 Å². The fourth-order valence-electron chi connectivity index (χ4n) is 3.44. The van der Waals surface area contributed by atoms with E-state index >= 15 is 0 Å². The van der Waals surface area contributed by atoms with Crippen LogP contribution in [0.3, 0.4) is 0 Å². The third-order valence-corrected chi connectivity index (χ3v) is 5.16. The Bertz CT molecular complexity index is 953. The van der Waals surface area contributed by atoms with Gasteiger partial charge in [-0.05, 0) is 43.9 Å². The summed E-state index contributed by atoms with van der Waals surface area (Å²) < 4.78 is 6.02. The number of amides is 1. The number of aryl methyl sites for hydroxylation is 1. The highest BCUT2D eigenvalue weighted by Crippen LogP contribution is 2.32. The average Bonchev–Trinajstić information content (AvgIpc) is 3.18. The van der Waals surface area contributed by atoms with Crippen molar-refractivity contribution in [1.29, 1.82) is 0 Å². The molecule has 144 valence electrons. The van der Waals surface area contributed by atoms with Crippen LogP contribution in [0.5, 0.6) is 0 Å². The summed E-state index contributed by atoms with van der Waals surface area (Å²) in [6.45, 7) is 2.51. The van der Waals surface area contributed by atoms with E-state index in [1.165, 1.54) is 6.20 Å². The molecule has 0 spiro atoms. The maximum atomic E-state index is 13.0. The molecule has 0 saturated carbocycles. The van der Waals surface area contributed by atoms with Crippen LogP contribution in [-0.2, 0) is 6.42 Å². The largest absolute Gasteiger partial charge is 0.443 e. The topological polar surface area (TPSA) is 72.1 Å². The summed E-state index contributed by atoms with van der Waals surface area (Å²) in [6.07, 6.45) is 8.34. The number of hydrogen-bond acceptors (Lipinski definition) is 5. The SMILES string of the molecule is Cc1cnc(C(=O)N2CCCCC2c2ncc(Cc3ccc(Cl)cc3)o2)cn1. The van der Waals surface area contributed by atoms with Crippen molar-refractivity contribution >= 4 is 17.5 Å². The maximum absolute atomic E-state index is 13.0. The summed E-state index contributed by atoms with van der Waals surface area (Å²) in [5, 5.41) is 0.706. The molecule has 1 aromatic carbocycles. The Hall–Kier alpha value is -2.73. The van der Waals surface area contributed by atoms with Crippen molar-refractivity contribution in [3.63, 3.8) is 0 Å². The lowest BCUT2D eigenvalue weighted by Gasteiger charge is -2.33. The number of carbonyl (C=O) groups excluding carboxylic acids is 1. The smallest absolute Gasteiger partial charge is 0.274 e. The number of piperidine rings is 1. The minimum absolute atomic E-state index is 0.130. The highest BCUT2D eigenvalue weighted by Gasteiger charge is 2.32. The highest BCUT2D eigenvalue weighted by molar-refractivity contribution is 6.30. The second-order valence-corrected chi connectivity index (χ2v) is 7.46. The third-order valence-electron chi connectivity index (χ3n) is 4.91. The molecule has 6 nitrogen and oxygen atoms in total. The molecule has 1 aliphatic heterocycles. The minimum atomic E-state index is -0.177. The summed E-state index contributed by atoms with van der Waals surface area (Å²) in [5.74, 6) is 1.22. The highest BCUT2D eigenvalue weighted by atomic mass is 35.5. The standard InChI is InChI=1S/C21H21ClN4O2/c1-14-11-24-18(13-23-14)21(27)26-9-3-2-4-19(26)20-25-12-17(28-20)10-15-5-7-16(22)8-6-15/h5-8,11-13,19H,2-4,9-10H2,1H3. The number of aromatic nitrogens is 3. The van der Waals surface area contributed by atoms with Gasteiger partial charge in [0.25, 0.3) is 5.91 Å². The quantitative estimate of drug-likeness (QED) is 0.654.